The molecule has 2 nitrogen and oxygen atoms in total. The summed E-state index contributed by atoms with van der Waals surface area (Å²) in [5.74, 6) is 0.869. The molecule has 0 aliphatic carbocycles. The van der Waals surface area contributed by atoms with Gasteiger partial charge in [0.25, 0.3) is 0 Å². The zero-order valence-electron chi connectivity index (χ0n) is 17.2. The smallest absolute Gasteiger partial charge is 0.363 e. The largest absolute Gasteiger partial charge is 0.497 e. The van der Waals surface area contributed by atoms with Gasteiger partial charge in [-0.3, -0.25) is 0 Å². The van der Waals surface area contributed by atoms with Gasteiger partial charge in [-0.1, -0.05) is 86.1 Å². The molecule has 1 aliphatic rings. The number of rotatable bonds is 7. The van der Waals surface area contributed by atoms with Crippen LogP contribution in [0.5, 0.6) is 5.75 Å². The van der Waals surface area contributed by atoms with Gasteiger partial charge in [0, 0.05) is 0 Å². The van der Waals surface area contributed by atoms with Crippen molar-refractivity contribution in [2.45, 2.75) is 32.3 Å². The van der Waals surface area contributed by atoms with Gasteiger partial charge in [-0.05, 0) is 52.6 Å². The van der Waals surface area contributed by atoms with E-state index in [-0.39, 0.29) is 13.0 Å². The van der Waals surface area contributed by atoms with Crippen LogP contribution in [0.25, 0.3) is 5.47 Å². The van der Waals surface area contributed by atoms with Crippen LogP contribution >= 0.6 is 0 Å². The molecule has 1 atom stereocenters. The average molecular weight is 382 g/mol. The van der Waals surface area contributed by atoms with E-state index in [2.05, 4.69) is 79.7 Å². The molecule has 146 valence electrons. The lowest BCUT2D eigenvalue weighted by atomic mass is 9.53. The summed E-state index contributed by atoms with van der Waals surface area (Å²) in [4.78, 5) is 0. The van der Waals surface area contributed by atoms with E-state index >= 15 is 0 Å². The lowest BCUT2D eigenvalue weighted by Crippen LogP contribution is -2.32. The third-order valence-electron chi connectivity index (χ3n) is 5.60. The molecule has 0 saturated carbocycles. The Bertz CT molecular complexity index is 949. The van der Waals surface area contributed by atoms with Gasteiger partial charge in [-0.25, -0.2) is 0 Å². The quantitative estimate of drug-likeness (QED) is 0.478. The van der Waals surface area contributed by atoms with Crippen LogP contribution in [0.3, 0.4) is 0 Å². The Hall–Kier alpha value is -2.78. The Labute approximate surface area is 174 Å². The number of hydrogen-bond donors (Lipinski definition) is 0. The van der Waals surface area contributed by atoms with Crippen LogP contribution in [0.1, 0.15) is 43.4 Å². The van der Waals surface area contributed by atoms with Gasteiger partial charge in [-0.2, -0.15) is 0 Å². The molecule has 0 radical (unpaired) electrons. The van der Waals surface area contributed by atoms with Crippen LogP contribution in [0, 0.1) is 0 Å². The zero-order chi connectivity index (χ0) is 20.1. The van der Waals surface area contributed by atoms with Crippen molar-refractivity contribution in [1.29, 1.82) is 0 Å². The topological polar surface area (TPSA) is 18.5 Å². The van der Waals surface area contributed by atoms with Crippen LogP contribution in [-0.2, 0) is 4.65 Å². The molecule has 0 aromatic heterocycles. The van der Waals surface area contributed by atoms with Crippen LogP contribution in [0.4, 0.5) is 0 Å². The first kappa shape index (κ1) is 19.5. The average Bonchev–Trinajstić information content (AvgIpc) is 3.18. The second-order valence-corrected chi connectivity index (χ2v) is 7.49. The molecule has 0 bridgehead atoms. The van der Waals surface area contributed by atoms with Crippen LogP contribution in [-0.4, -0.2) is 14.0 Å². The predicted octanol–water partition coefficient (Wildman–Crippen LogP) is 5.85. The van der Waals surface area contributed by atoms with E-state index in [1.165, 1.54) is 27.6 Å². The summed E-state index contributed by atoms with van der Waals surface area (Å²) in [6, 6.07) is 29.6. The fraction of sp³-hybridized carbons (Fsp3) is 0.231. The maximum absolute atomic E-state index is 6.77. The minimum atomic E-state index is -0.0578. The minimum absolute atomic E-state index is 0.0344. The monoisotopic (exact) mass is 382 g/mol. The van der Waals surface area contributed by atoms with E-state index in [0.29, 0.717) is 0 Å². The summed E-state index contributed by atoms with van der Waals surface area (Å²) in [5, 5.41) is 0. The zero-order valence-corrected chi connectivity index (χ0v) is 17.2. The Balaban J connectivity index is 1.83. The van der Waals surface area contributed by atoms with Crippen molar-refractivity contribution in [1.82, 2.24) is 0 Å². The minimum Gasteiger partial charge on any atom is -0.497 e. The molecule has 0 fully saturated rings. The highest BCUT2D eigenvalue weighted by molar-refractivity contribution is 6.86. The second kappa shape index (κ2) is 9.15. The van der Waals surface area contributed by atoms with Gasteiger partial charge in [0.1, 0.15) is 5.75 Å². The summed E-state index contributed by atoms with van der Waals surface area (Å²) < 4.78 is 12.1. The maximum Gasteiger partial charge on any atom is 0.363 e. The molecule has 3 aromatic rings. The third-order valence-corrected chi connectivity index (χ3v) is 5.60. The fourth-order valence-electron chi connectivity index (χ4n) is 4.11. The van der Waals surface area contributed by atoms with E-state index in [9.17, 15) is 0 Å². The van der Waals surface area contributed by atoms with Gasteiger partial charge in [0.2, 0.25) is 0 Å². The number of hydrogen-bond acceptors (Lipinski definition) is 2. The van der Waals surface area contributed by atoms with Gasteiger partial charge in [0.05, 0.1) is 13.2 Å². The van der Waals surface area contributed by atoms with Crippen molar-refractivity contribution in [2.24, 2.45) is 0 Å². The fourth-order valence-corrected chi connectivity index (χ4v) is 4.11. The molecule has 3 heteroatoms. The molecule has 4 rings (SSSR count). The van der Waals surface area contributed by atoms with Gasteiger partial charge in [-0.15, -0.1) is 0 Å². The molecule has 1 heterocycles. The molecule has 1 unspecified atom stereocenters. The Kier molecular flexibility index (Phi) is 6.16. The van der Waals surface area contributed by atoms with Crippen molar-refractivity contribution in [3.8, 4) is 5.75 Å². The summed E-state index contributed by atoms with van der Waals surface area (Å²) in [7, 11) is 1.70. The van der Waals surface area contributed by atoms with Gasteiger partial charge >= 0.3 is 6.92 Å². The van der Waals surface area contributed by atoms with Crippen molar-refractivity contribution < 1.29 is 9.39 Å². The molecule has 29 heavy (non-hydrogen) atoms. The first-order valence-electron chi connectivity index (χ1n) is 10.4. The van der Waals surface area contributed by atoms with E-state index in [0.717, 1.165) is 25.0 Å². The number of unbranched alkanes of at least 4 members (excludes halogenated alkanes) is 1. The van der Waals surface area contributed by atoms with Crippen LogP contribution in [0.2, 0.25) is 0 Å². The van der Waals surface area contributed by atoms with E-state index in [4.69, 9.17) is 9.39 Å². The van der Waals surface area contributed by atoms with Crippen molar-refractivity contribution in [2.75, 3.05) is 7.11 Å². The van der Waals surface area contributed by atoms with E-state index in [1.807, 2.05) is 12.1 Å². The Morgan fingerprint density at radius 3 is 2.14 bits per heavy atom. The summed E-state index contributed by atoms with van der Waals surface area (Å²) in [6.07, 6.45) is 3.33. The van der Waals surface area contributed by atoms with E-state index in [1.54, 1.807) is 7.11 Å². The lowest BCUT2D eigenvalue weighted by molar-refractivity contribution is 0.261. The second-order valence-electron chi connectivity index (χ2n) is 7.49. The molecule has 0 spiro atoms. The molecular weight excluding hydrogens is 355 g/mol. The SMILES string of the molecule is CCCCC1=C(c2ccccc2)B(c2ccccc2)OC1c1ccc(OC)cc1. The Morgan fingerprint density at radius 1 is 0.862 bits per heavy atom. The van der Waals surface area contributed by atoms with Gasteiger partial charge in [0.15, 0.2) is 0 Å². The summed E-state index contributed by atoms with van der Waals surface area (Å²) in [6.45, 7) is 2.19. The van der Waals surface area contributed by atoms with E-state index < -0.39 is 0 Å². The standard InChI is InChI=1S/C26H27BO2/c1-3-4-15-24-25(20-11-7-5-8-12-20)27(22-13-9-6-10-14-22)29-26(24)21-16-18-23(28-2)19-17-21/h5-14,16-19,26H,3-4,15H2,1-2H3. The number of methoxy groups -OCH3 is 1. The summed E-state index contributed by atoms with van der Waals surface area (Å²) in [5.41, 5.74) is 6.37. The van der Waals surface area contributed by atoms with Crippen LogP contribution < -0.4 is 10.2 Å². The predicted molar refractivity (Wildman–Crippen MR) is 122 cm³/mol. The maximum atomic E-state index is 6.77. The Morgan fingerprint density at radius 2 is 1.52 bits per heavy atom. The number of benzene rings is 3. The molecule has 0 amide bonds. The molecule has 0 N–H and O–H groups in total. The normalized spacial score (nSPS) is 16.3. The number of ether oxygens (including phenoxy) is 1. The molecule has 0 saturated heterocycles. The molecule has 3 aromatic carbocycles. The van der Waals surface area contributed by atoms with Crippen molar-refractivity contribution >= 4 is 17.9 Å². The third kappa shape index (κ3) is 4.15. The van der Waals surface area contributed by atoms with Crippen molar-refractivity contribution in [3.05, 3.63) is 102 Å². The molecular formula is C26H27BO2. The highest BCUT2D eigenvalue weighted by Gasteiger charge is 2.39. The lowest BCUT2D eigenvalue weighted by Gasteiger charge is -2.18. The highest BCUT2D eigenvalue weighted by Crippen LogP contribution is 2.43. The first-order chi connectivity index (χ1) is 14.3. The van der Waals surface area contributed by atoms with Crippen LogP contribution in [0.15, 0.2) is 90.5 Å². The van der Waals surface area contributed by atoms with Gasteiger partial charge < -0.3 is 9.39 Å². The first-order valence-corrected chi connectivity index (χ1v) is 10.4. The molecule has 1 aliphatic heterocycles. The highest BCUT2D eigenvalue weighted by atomic mass is 16.5. The van der Waals surface area contributed by atoms with Crippen molar-refractivity contribution in [3.63, 3.8) is 0 Å². The summed E-state index contributed by atoms with van der Waals surface area (Å²) >= 11 is 0.